The highest BCUT2D eigenvalue weighted by Crippen LogP contribution is 2.46. The van der Waals surface area contributed by atoms with Gasteiger partial charge in [-0.15, -0.1) is 23.5 Å². The number of ether oxygens (including phenoxy) is 1. The first-order chi connectivity index (χ1) is 44.4. The molecule has 1 atom stereocenters. The number of nitrogens with two attached hydrogens (primary N) is 2. The van der Waals surface area contributed by atoms with E-state index in [0.29, 0.717) is 47.9 Å². The summed E-state index contributed by atoms with van der Waals surface area (Å²) in [4.78, 5) is 31.9. The van der Waals surface area contributed by atoms with Gasteiger partial charge in [0.15, 0.2) is 23.3 Å². The number of halogens is 4. The predicted molar refractivity (Wildman–Crippen MR) is 383 cm³/mol. The van der Waals surface area contributed by atoms with Crippen LogP contribution in [0.3, 0.4) is 0 Å². The minimum Gasteiger partial charge on any atom is -0.507 e. The SMILES string of the molecule is CC(C)Cc1cc(C(C)(C)C)cc2c1OC(=O)C2c1ccc(CN)cc1.CC(C)Cc1cc(SCCN(CCN)CCSc2cc(CC(C)C)c(O)c(C(C)(C)C)c2)cc(C(C)(C)C)c1O.CC1(C)C=Cc2cc(CNC(=O)c3c(F)c(F)c(N=[N+]=[N-])c(F)c3F)ccc2N1. The summed E-state index contributed by atoms with van der Waals surface area (Å²) in [6.07, 6.45) is 6.52. The highest BCUT2D eigenvalue weighted by atomic mass is 32.2. The lowest BCUT2D eigenvalue weighted by atomic mass is 9.81. The number of rotatable bonds is 22. The number of fused-ring (bicyclic) bond motifs is 2. The quantitative estimate of drug-likeness (QED) is 0.00550. The Labute approximate surface area is 569 Å². The molecule has 0 fully saturated rings. The van der Waals surface area contributed by atoms with E-state index in [1.165, 1.54) is 15.4 Å². The van der Waals surface area contributed by atoms with Crippen molar-refractivity contribution in [1.82, 2.24) is 10.2 Å². The Hall–Kier alpha value is -6.99. The summed E-state index contributed by atoms with van der Waals surface area (Å²) in [6.45, 7) is 40.6. The molecule has 0 bridgehead atoms. The van der Waals surface area contributed by atoms with Gasteiger partial charge in [0.2, 0.25) is 0 Å². The standard InChI is InChI=1S/C34H56N2O2S2.C23H29NO2.C19H15F4N5O/c1-23(2)17-25-19-27(21-29(31(25)37)33(5,6)7)39-15-13-36(12-11-35)14-16-40-28-20-26(18-24(3)4)32(38)30(22-28)34(8,9)10;1-14(2)10-17-11-18(23(3,4)5)12-19-20(22(25)26-21(17)19)16-8-6-15(13-24)7-9-16;1-19(2)6-5-10-7-9(3-4-11(10)26-19)8-25-18(29)12-13(20)15(22)17(27-28-24)16(23)14(12)21/h19-24,37-38H,11-18,35H2,1-10H3;6-9,11-12,14,20H,10,13,24H2,1-5H3;3-7,26H,8H2,1-2H3,(H,25,29). The van der Waals surface area contributed by atoms with E-state index in [-0.39, 0.29) is 40.2 Å². The summed E-state index contributed by atoms with van der Waals surface area (Å²) in [6, 6.07) is 26.3. The van der Waals surface area contributed by atoms with Gasteiger partial charge >= 0.3 is 5.97 Å². The topological polar surface area (TPSA) is 212 Å². The lowest BCUT2D eigenvalue weighted by molar-refractivity contribution is -0.133. The van der Waals surface area contributed by atoms with Gasteiger partial charge < -0.3 is 42.0 Å². The number of anilines is 1. The number of benzene rings is 6. The Kier molecular flexibility index (Phi) is 26.6. The van der Waals surface area contributed by atoms with Crippen molar-refractivity contribution in [3.63, 3.8) is 0 Å². The molecule has 0 radical (unpaired) electrons. The van der Waals surface area contributed by atoms with E-state index in [4.69, 9.17) is 21.7 Å². The normalized spacial score (nSPS) is 14.2. The van der Waals surface area contributed by atoms with Crippen LogP contribution >= 0.6 is 23.5 Å². The second-order valence-electron chi connectivity index (χ2n) is 29.6. The van der Waals surface area contributed by atoms with Gasteiger partial charge in [0.25, 0.3) is 5.91 Å². The predicted octanol–water partition coefficient (Wildman–Crippen LogP) is 18.3. The maximum atomic E-state index is 14.1. The molecule has 6 aromatic rings. The van der Waals surface area contributed by atoms with Crippen LogP contribution in [0.5, 0.6) is 17.2 Å². The number of phenols is 2. The minimum atomic E-state index is -1.94. The fourth-order valence-electron chi connectivity index (χ4n) is 11.3. The second kappa shape index (κ2) is 32.8. The number of nitrogens with one attached hydrogen (secondary N) is 2. The van der Waals surface area contributed by atoms with Crippen LogP contribution < -0.4 is 26.8 Å². The van der Waals surface area contributed by atoms with E-state index in [1.54, 1.807) is 18.2 Å². The fourth-order valence-corrected chi connectivity index (χ4v) is 13.4. The minimum absolute atomic E-state index is 0.0142. The third kappa shape index (κ3) is 20.8. The maximum absolute atomic E-state index is 14.1. The third-order valence-electron chi connectivity index (χ3n) is 16.3. The lowest BCUT2D eigenvalue weighted by Gasteiger charge is -2.29. The molecule has 1 amide bonds. The number of phenolic OH excluding ortho intramolecular Hbond substituents is 2. The first kappa shape index (κ1) is 77.0. The summed E-state index contributed by atoms with van der Waals surface area (Å²) < 4.78 is 61.5. The molecule has 8 rings (SSSR count). The van der Waals surface area contributed by atoms with Gasteiger partial charge in [-0.25, -0.2) is 17.6 Å². The molecular weight excluding hydrogens is 1250 g/mol. The number of carbonyl (C=O) groups is 2. The van der Waals surface area contributed by atoms with Gasteiger partial charge in [0.05, 0.1) is 5.54 Å². The summed E-state index contributed by atoms with van der Waals surface area (Å²) >= 11 is 3.74. The number of aromatic hydroxyl groups is 2. The van der Waals surface area contributed by atoms with Crippen LogP contribution in [0, 0.1) is 41.0 Å². The number of hydrogen-bond donors (Lipinski definition) is 6. The molecule has 13 nitrogen and oxygen atoms in total. The highest BCUT2D eigenvalue weighted by Gasteiger charge is 2.38. The molecule has 8 N–H and O–H groups in total. The van der Waals surface area contributed by atoms with Crippen LogP contribution in [0.25, 0.3) is 16.5 Å². The van der Waals surface area contributed by atoms with Crippen molar-refractivity contribution >= 4 is 52.9 Å². The number of carbonyl (C=O) groups excluding carboxylic acids is 2. The summed E-state index contributed by atoms with van der Waals surface area (Å²) in [5.74, 6) is -4.53. The van der Waals surface area contributed by atoms with E-state index >= 15 is 0 Å². The Morgan fingerprint density at radius 2 is 1.21 bits per heavy atom. The van der Waals surface area contributed by atoms with Crippen molar-refractivity contribution in [2.24, 2.45) is 34.3 Å². The van der Waals surface area contributed by atoms with Gasteiger partial charge in [-0.3, -0.25) is 9.59 Å². The van der Waals surface area contributed by atoms with E-state index < -0.39 is 40.4 Å². The molecule has 1 unspecified atom stereocenters. The summed E-state index contributed by atoms with van der Waals surface area (Å²) in [5.41, 5.74) is 28.5. The van der Waals surface area contributed by atoms with Gasteiger partial charge in [-0.1, -0.05) is 164 Å². The molecule has 19 heteroatoms. The molecule has 0 spiro atoms. The lowest BCUT2D eigenvalue weighted by Crippen LogP contribution is -2.33. The first-order valence-corrected chi connectivity index (χ1v) is 34.7. The average molecular weight is 1350 g/mol. The molecule has 2 heterocycles. The molecule has 6 aromatic carbocycles. The van der Waals surface area contributed by atoms with E-state index in [9.17, 15) is 37.4 Å². The van der Waals surface area contributed by atoms with Crippen LogP contribution in [0.1, 0.15) is 195 Å². The highest BCUT2D eigenvalue weighted by molar-refractivity contribution is 7.99. The molecule has 0 saturated heterocycles. The van der Waals surface area contributed by atoms with Crippen LogP contribution in [0.4, 0.5) is 28.9 Å². The Balaban J connectivity index is 0.000000232. The molecule has 2 aliphatic heterocycles. The van der Waals surface area contributed by atoms with Crippen molar-refractivity contribution in [2.45, 2.75) is 188 Å². The number of esters is 1. The van der Waals surface area contributed by atoms with Crippen molar-refractivity contribution in [3.8, 4) is 17.2 Å². The second-order valence-corrected chi connectivity index (χ2v) is 32.0. The van der Waals surface area contributed by atoms with Crippen LogP contribution in [-0.2, 0) is 53.4 Å². The fraction of sp³-hybridized carbons (Fsp3) is 0.474. The number of thioether (sulfide) groups is 2. The average Bonchev–Trinajstić information content (AvgIpc) is 1.67. The molecule has 0 saturated carbocycles. The molecule has 0 aliphatic carbocycles. The molecule has 514 valence electrons. The zero-order chi connectivity index (χ0) is 70.7. The van der Waals surface area contributed by atoms with Crippen LogP contribution in [0.15, 0.2) is 99.8 Å². The Morgan fingerprint density at radius 1 is 0.705 bits per heavy atom. The van der Waals surface area contributed by atoms with E-state index in [0.717, 1.165) is 112 Å². The van der Waals surface area contributed by atoms with E-state index in [1.807, 2.05) is 73.8 Å². The maximum Gasteiger partial charge on any atom is 0.323 e. The summed E-state index contributed by atoms with van der Waals surface area (Å²) in [7, 11) is 0. The van der Waals surface area contributed by atoms with E-state index in [2.05, 4.69) is 166 Å². The molecule has 95 heavy (non-hydrogen) atoms. The smallest absolute Gasteiger partial charge is 0.323 e. The van der Waals surface area contributed by atoms with Gasteiger partial charge in [0, 0.05) is 87.9 Å². The zero-order valence-corrected chi connectivity index (χ0v) is 60.3. The number of hydrogen-bond acceptors (Lipinski definition) is 12. The monoisotopic (exact) mass is 1340 g/mol. The van der Waals surface area contributed by atoms with Gasteiger partial charge in [-0.2, -0.15) is 0 Å². The van der Waals surface area contributed by atoms with Crippen LogP contribution in [0.2, 0.25) is 0 Å². The Morgan fingerprint density at radius 3 is 1.67 bits per heavy atom. The zero-order valence-electron chi connectivity index (χ0n) is 58.6. The van der Waals surface area contributed by atoms with Crippen molar-refractivity contribution in [1.29, 1.82) is 0 Å². The molecule has 2 aliphatic rings. The molecule has 0 aromatic heterocycles. The first-order valence-electron chi connectivity index (χ1n) is 32.8. The van der Waals surface area contributed by atoms with Gasteiger partial charge in [-0.05, 0) is 154 Å². The van der Waals surface area contributed by atoms with Crippen molar-refractivity contribution in [3.05, 3.63) is 185 Å². The van der Waals surface area contributed by atoms with Gasteiger partial charge in [0.1, 0.15) is 34.4 Å². The number of azide groups is 1. The molecular formula is C76H100F4N8O5S2. The third-order valence-corrected chi connectivity index (χ3v) is 18.2. The number of nitrogens with zero attached hydrogens (tertiary/aromatic N) is 4. The van der Waals surface area contributed by atoms with Crippen molar-refractivity contribution < 1.29 is 42.1 Å². The number of amides is 1. The summed E-state index contributed by atoms with van der Waals surface area (Å²) in [5, 5.41) is 30.0. The van der Waals surface area contributed by atoms with Crippen LogP contribution in [-0.4, -0.2) is 70.2 Å². The Bertz CT molecular complexity index is 3660. The largest absolute Gasteiger partial charge is 0.507 e. The van der Waals surface area contributed by atoms with Crippen molar-refractivity contribution in [2.75, 3.05) is 43.0 Å².